The SMILES string of the molecule is O=C1N[C@]2(COC3(CCN(C(=O)c4cc5c(s4)CCC5)CC3)C2)Nc2ccccc21. The molecule has 0 bridgehead atoms. The van der Waals surface area contributed by atoms with Crippen molar-refractivity contribution in [3.05, 3.63) is 51.2 Å². The van der Waals surface area contributed by atoms with Crippen LogP contribution >= 0.6 is 11.3 Å². The fraction of sp³-hybridized carbons (Fsp3) is 0.478. The molecule has 2 fully saturated rings. The minimum absolute atomic E-state index is 0.0524. The van der Waals surface area contributed by atoms with Crippen LogP contribution in [0.4, 0.5) is 5.69 Å². The average Bonchev–Trinajstić information content (AvgIpc) is 3.43. The van der Waals surface area contributed by atoms with Gasteiger partial charge in [-0.15, -0.1) is 11.3 Å². The number of carbonyl (C=O) groups excluding carboxylic acids is 2. The third-order valence-corrected chi connectivity index (χ3v) is 8.29. The van der Waals surface area contributed by atoms with Gasteiger partial charge in [-0.25, -0.2) is 0 Å². The Morgan fingerprint density at radius 3 is 2.80 bits per heavy atom. The monoisotopic (exact) mass is 423 g/mol. The van der Waals surface area contributed by atoms with Gasteiger partial charge in [0.2, 0.25) is 0 Å². The lowest BCUT2D eigenvalue weighted by Gasteiger charge is -2.41. The summed E-state index contributed by atoms with van der Waals surface area (Å²) in [7, 11) is 0. The quantitative estimate of drug-likeness (QED) is 0.739. The number of nitrogens with zero attached hydrogens (tertiary/aromatic N) is 1. The zero-order chi connectivity index (χ0) is 20.3. The summed E-state index contributed by atoms with van der Waals surface area (Å²) in [5.74, 6) is 0.110. The molecule has 2 aromatic rings. The zero-order valence-electron chi connectivity index (χ0n) is 16.8. The van der Waals surface area contributed by atoms with Gasteiger partial charge in [0.1, 0.15) is 5.66 Å². The number of likely N-dealkylation sites (tertiary alicyclic amines) is 1. The number of hydrogen-bond acceptors (Lipinski definition) is 5. The number of benzene rings is 1. The summed E-state index contributed by atoms with van der Waals surface area (Å²) in [6.07, 6.45) is 5.76. The molecule has 2 amide bonds. The van der Waals surface area contributed by atoms with E-state index in [1.807, 2.05) is 29.2 Å². The Hall–Kier alpha value is -2.38. The minimum atomic E-state index is -0.563. The van der Waals surface area contributed by atoms with Gasteiger partial charge < -0.3 is 20.3 Å². The van der Waals surface area contributed by atoms with Crippen molar-refractivity contribution < 1.29 is 14.3 Å². The molecule has 30 heavy (non-hydrogen) atoms. The van der Waals surface area contributed by atoms with Gasteiger partial charge in [-0.1, -0.05) is 12.1 Å². The normalized spacial score (nSPS) is 26.4. The average molecular weight is 424 g/mol. The van der Waals surface area contributed by atoms with Crippen molar-refractivity contribution in [1.82, 2.24) is 10.2 Å². The molecule has 2 spiro atoms. The van der Waals surface area contributed by atoms with Gasteiger partial charge in [-0.2, -0.15) is 0 Å². The highest BCUT2D eigenvalue weighted by atomic mass is 32.1. The second-order valence-corrected chi connectivity index (χ2v) is 10.2. The number of ether oxygens (including phenoxy) is 1. The van der Waals surface area contributed by atoms with E-state index in [0.717, 1.165) is 42.7 Å². The summed E-state index contributed by atoms with van der Waals surface area (Å²) in [6.45, 7) is 1.84. The van der Waals surface area contributed by atoms with Crippen LogP contribution in [0.1, 0.15) is 56.2 Å². The maximum atomic E-state index is 13.0. The molecule has 0 unspecified atom stereocenters. The first-order valence-electron chi connectivity index (χ1n) is 10.8. The summed E-state index contributed by atoms with van der Waals surface area (Å²) in [4.78, 5) is 29.9. The highest BCUT2D eigenvalue weighted by Gasteiger charge is 2.53. The van der Waals surface area contributed by atoms with Crippen molar-refractivity contribution >= 4 is 28.8 Å². The topological polar surface area (TPSA) is 70.7 Å². The molecule has 0 saturated carbocycles. The Morgan fingerprint density at radius 2 is 1.97 bits per heavy atom. The molecule has 1 atom stereocenters. The van der Waals surface area contributed by atoms with Crippen molar-refractivity contribution in [3.63, 3.8) is 0 Å². The molecule has 156 valence electrons. The molecular formula is C23H25N3O3S. The van der Waals surface area contributed by atoms with Crippen LogP contribution in [-0.4, -0.2) is 47.7 Å². The van der Waals surface area contributed by atoms with E-state index >= 15 is 0 Å². The Balaban J connectivity index is 1.14. The lowest BCUT2D eigenvalue weighted by molar-refractivity contribution is -0.0392. The first kappa shape index (κ1) is 18.4. The number of fused-ring (bicyclic) bond motifs is 2. The van der Waals surface area contributed by atoms with Crippen molar-refractivity contribution in [2.45, 2.75) is 49.8 Å². The second-order valence-electron chi connectivity index (χ2n) is 9.06. The lowest BCUT2D eigenvalue weighted by atomic mass is 9.84. The van der Waals surface area contributed by atoms with Gasteiger partial charge in [0.05, 0.1) is 22.6 Å². The number of carbonyl (C=O) groups is 2. The summed E-state index contributed by atoms with van der Waals surface area (Å²) in [5.41, 5.74) is 2.05. The number of amides is 2. The Morgan fingerprint density at radius 1 is 1.13 bits per heavy atom. The van der Waals surface area contributed by atoms with Crippen molar-refractivity contribution in [3.8, 4) is 0 Å². The predicted octanol–water partition coefficient (Wildman–Crippen LogP) is 3.18. The number of rotatable bonds is 1. The van der Waals surface area contributed by atoms with Gasteiger partial charge in [0.15, 0.2) is 0 Å². The van der Waals surface area contributed by atoms with Crippen LogP contribution in [0.2, 0.25) is 0 Å². The summed E-state index contributed by atoms with van der Waals surface area (Å²) < 4.78 is 6.31. The fourth-order valence-corrected chi connectivity index (χ4v) is 6.70. The number of nitrogens with one attached hydrogen (secondary N) is 2. The highest BCUT2D eigenvalue weighted by molar-refractivity contribution is 7.14. The van der Waals surface area contributed by atoms with Crippen LogP contribution in [-0.2, 0) is 17.6 Å². The molecule has 3 aliphatic heterocycles. The van der Waals surface area contributed by atoms with Crippen LogP contribution in [0.5, 0.6) is 0 Å². The predicted molar refractivity (Wildman–Crippen MR) is 115 cm³/mol. The minimum Gasteiger partial charge on any atom is -0.370 e. The Labute approximate surface area is 179 Å². The number of para-hydroxylation sites is 1. The molecule has 1 aromatic heterocycles. The van der Waals surface area contributed by atoms with E-state index in [-0.39, 0.29) is 17.4 Å². The van der Waals surface area contributed by atoms with Crippen LogP contribution in [0.3, 0.4) is 0 Å². The summed E-state index contributed by atoms with van der Waals surface area (Å²) in [6, 6.07) is 9.70. The number of hydrogen-bond donors (Lipinski definition) is 2. The molecule has 6 nitrogen and oxygen atoms in total. The molecule has 0 radical (unpaired) electrons. The van der Waals surface area contributed by atoms with Gasteiger partial charge in [-0.05, 0) is 55.9 Å². The Kier molecular flexibility index (Phi) is 4.02. The van der Waals surface area contributed by atoms with Crippen LogP contribution in [0.25, 0.3) is 0 Å². The first-order valence-corrected chi connectivity index (χ1v) is 11.6. The number of piperidine rings is 1. The third-order valence-electron chi connectivity index (χ3n) is 7.07. The molecule has 1 aromatic carbocycles. The third kappa shape index (κ3) is 2.87. The molecular weight excluding hydrogens is 398 g/mol. The number of aryl methyl sites for hydroxylation is 2. The van der Waals surface area contributed by atoms with Gasteiger partial charge in [-0.3, -0.25) is 9.59 Å². The van der Waals surface area contributed by atoms with E-state index < -0.39 is 5.66 Å². The van der Waals surface area contributed by atoms with Gasteiger partial charge in [0.25, 0.3) is 11.8 Å². The van der Waals surface area contributed by atoms with E-state index in [0.29, 0.717) is 25.3 Å². The summed E-state index contributed by atoms with van der Waals surface area (Å²) in [5, 5.41) is 6.67. The molecule has 4 heterocycles. The maximum absolute atomic E-state index is 13.0. The van der Waals surface area contributed by atoms with E-state index in [1.165, 1.54) is 16.9 Å². The smallest absolute Gasteiger partial charge is 0.263 e. The molecule has 7 heteroatoms. The van der Waals surface area contributed by atoms with Crippen molar-refractivity contribution in [2.75, 3.05) is 25.0 Å². The zero-order valence-corrected chi connectivity index (χ0v) is 17.6. The molecule has 2 saturated heterocycles. The first-order chi connectivity index (χ1) is 14.5. The number of thiophene rings is 1. The second kappa shape index (κ2) is 6.56. The van der Waals surface area contributed by atoms with E-state index in [1.54, 1.807) is 11.3 Å². The molecule has 6 rings (SSSR count). The standard InChI is InChI=1S/C23H25N3O3S/c27-20-16-5-1-2-6-17(16)24-23(25-20)13-22(29-14-23)8-10-26(11-9-22)21(28)19-12-15-4-3-7-18(15)30-19/h1-2,5-6,12,24H,3-4,7-11,13-14H2,(H,25,27)/t23-/m1/s1. The van der Waals surface area contributed by atoms with Crippen molar-refractivity contribution in [2.24, 2.45) is 0 Å². The van der Waals surface area contributed by atoms with Crippen LogP contribution in [0.15, 0.2) is 30.3 Å². The maximum Gasteiger partial charge on any atom is 0.263 e. The van der Waals surface area contributed by atoms with E-state index in [9.17, 15) is 9.59 Å². The van der Waals surface area contributed by atoms with Gasteiger partial charge >= 0.3 is 0 Å². The van der Waals surface area contributed by atoms with Crippen LogP contribution in [0, 0.1) is 0 Å². The molecule has 2 N–H and O–H groups in total. The highest BCUT2D eigenvalue weighted by Crippen LogP contribution is 2.43. The lowest BCUT2D eigenvalue weighted by Crippen LogP contribution is -2.59. The Bertz CT molecular complexity index is 1020. The van der Waals surface area contributed by atoms with E-state index in [4.69, 9.17) is 4.74 Å². The number of anilines is 1. The van der Waals surface area contributed by atoms with Crippen LogP contribution < -0.4 is 10.6 Å². The largest absolute Gasteiger partial charge is 0.370 e. The van der Waals surface area contributed by atoms with Crippen molar-refractivity contribution in [1.29, 1.82) is 0 Å². The molecule has 4 aliphatic rings. The van der Waals surface area contributed by atoms with E-state index in [2.05, 4.69) is 16.7 Å². The molecule has 1 aliphatic carbocycles. The fourth-order valence-electron chi connectivity index (χ4n) is 5.48. The van der Waals surface area contributed by atoms with Gasteiger partial charge in [0, 0.05) is 30.1 Å². The summed E-state index contributed by atoms with van der Waals surface area (Å²) >= 11 is 1.68.